The van der Waals surface area contributed by atoms with E-state index in [-0.39, 0.29) is 0 Å². The summed E-state index contributed by atoms with van der Waals surface area (Å²) in [5.41, 5.74) is 2.29. The van der Waals surface area contributed by atoms with Gasteiger partial charge in [-0.3, -0.25) is 4.99 Å². The van der Waals surface area contributed by atoms with Crippen LogP contribution in [0.1, 0.15) is 36.2 Å². The normalized spacial score (nSPS) is 14.8. The minimum Gasteiger partial charge on any atom is -0.357 e. The molecule has 0 aromatic carbocycles. The number of rotatable bonds is 8. The van der Waals surface area contributed by atoms with Crippen LogP contribution in [0.25, 0.3) is 0 Å². The summed E-state index contributed by atoms with van der Waals surface area (Å²) in [7, 11) is 0. The highest BCUT2D eigenvalue weighted by atomic mass is 32.1. The van der Waals surface area contributed by atoms with Gasteiger partial charge in [0, 0.05) is 56.3 Å². The third-order valence-corrected chi connectivity index (χ3v) is 6.01. The Morgan fingerprint density at radius 3 is 2.62 bits per heavy atom. The van der Waals surface area contributed by atoms with Gasteiger partial charge in [-0.1, -0.05) is 0 Å². The van der Waals surface area contributed by atoms with E-state index in [1.54, 1.807) is 22.7 Å². The van der Waals surface area contributed by atoms with Crippen molar-refractivity contribution in [2.75, 3.05) is 37.6 Å². The molecule has 0 spiro atoms. The maximum Gasteiger partial charge on any atom is 0.191 e. The van der Waals surface area contributed by atoms with Gasteiger partial charge in [-0.2, -0.15) is 0 Å². The zero-order valence-corrected chi connectivity index (χ0v) is 17.3. The highest BCUT2D eigenvalue weighted by Gasteiger charge is 2.15. The summed E-state index contributed by atoms with van der Waals surface area (Å²) in [5.74, 6) is 0.870. The Morgan fingerprint density at radius 2 is 1.88 bits per heavy atom. The van der Waals surface area contributed by atoms with Gasteiger partial charge in [0.15, 0.2) is 11.1 Å². The van der Waals surface area contributed by atoms with Crippen LogP contribution in [-0.2, 0) is 12.8 Å². The fraction of sp³-hybridized carbons (Fsp3) is 0.611. The number of aliphatic imine (C=N–C) groups is 1. The predicted molar refractivity (Wildman–Crippen MR) is 112 cm³/mol. The van der Waals surface area contributed by atoms with Gasteiger partial charge in [-0.25, -0.2) is 9.97 Å². The topological polar surface area (TPSA) is 65.4 Å². The summed E-state index contributed by atoms with van der Waals surface area (Å²) >= 11 is 3.46. The number of aryl methyl sites for hydroxylation is 1. The van der Waals surface area contributed by atoms with Crippen LogP contribution >= 0.6 is 22.7 Å². The third-order valence-electron chi connectivity index (χ3n) is 4.24. The lowest BCUT2D eigenvalue weighted by molar-refractivity contribution is 0.786. The Hall–Kier alpha value is -1.67. The number of anilines is 1. The number of thiazole rings is 2. The second-order valence-corrected chi connectivity index (χ2v) is 8.26. The number of aromatic nitrogens is 2. The van der Waals surface area contributed by atoms with Crippen LogP contribution in [0.2, 0.25) is 0 Å². The molecule has 3 heterocycles. The van der Waals surface area contributed by atoms with Crippen LogP contribution in [0.4, 0.5) is 5.13 Å². The average molecular weight is 393 g/mol. The van der Waals surface area contributed by atoms with Crippen LogP contribution in [0.5, 0.6) is 0 Å². The summed E-state index contributed by atoms with van der Waals surface area (Å²) in [4.78, 5) is 16.3. The van der Waals surface area contributed by atoms with Gasteiger partial charge < -0.3 is 15.5 Å². The van der Waals surface area contributed by atoms with Gasteiger partial charge in [0.05, 0.1) is 16.4 Å². The van der Waals surface area contributed by atoms with Crippen molar-refractivity contribution < 1.29 is 0 Å². The summed E-state index contributed by atoms with van der Waals surface area (Å²) in [6, 6.07) is 0. The van der Waals surface area contributed by atoms with Gasteiger partial charge in [0.25, 0.3) is 0 Å². The minimum absolute atomic E-state index is 0.744. The van der Waals surface area contributed by atoms with Crippen LogP contribution in [0.3, 0.4) is 0 Å². The van der Waals surface area contributed by atoms with E-state index in [2.05, 4.69) is 43.2 Å². The SMILES string of the molecule is CCNC(=NCCc1csc(N2CCCC2)n1)NCCc1csc(C)n1. The van der Waals surface area contributed by atoms with Crippen molar-refractivity contribution in [1.82, 2.24) is 20.6 Å². The Bertz CT molecular complexity index is 702. The second-order valence-electron chi connectivity index (χ2n) is 6.36. The van der Waals surface area contributed by atoms with E-state index in [1.165, 1.54) is 18.0 Å². The van der Waals surface area contributed by atoms with E-state index >= 15 is 0 Å². The van der Waals surface area contributed by atoms with E-state index in [1.807, 2.05) is 6.92 Å². The molecule has 1 fully saturated rings. The molecule has 8 heteroatoms. The zero-order valence-electron chi connectivity index (χ0n) is 15.6. The summed E-state index contributed by atoms with van der Waals surface area (Å²) in [5, 5.41) is 13.3. The van der Waals surface area contributed by atoms with Crippen LogP contribution in [0, 0.1) is 6.92 Å². The fourth-order valence-corrected chi connectivity index (χ4v) is 4.48. The highest BCUT2D eigenvalue weighted by molar-refractivity contribution is 7.13. The first-order valence-electron chi connectivity index (χ1n) is 9.37. The molecular weight excluding hydrogens is 364 g/mol. The molecule has 0 saturated carbocycles. The second kappa shape index (κ2) is 9.87. The molecule has 0 aliphatic carbocycles. The van der Waals surface area contributed by atoms with Crippen molar-refractivity contribution >= 4 is 33.8 Å². The molecule has 2 aromatic heterocycles. The number of guanidine groups is 1. The first kappa shape index (κ1) is 19.1. The minimum atomic E-state index is 0.744. The summed E-state index contributed by atoms with van der Waals surface area (Å²) < 4.78 is 0. The van der Waals surface area contributed by atoms with Crippen LogP contribution in [-0.4, -0.2) is 48.7 Å². The standard InChI is InChI=1S/C18H28N6S2/c1-3-19-17(20-8-6-15-12-25-14(2)22-15)21-9-7-16-13-26-18(23-16)24-10-4-5-11-24/h12-13H,3-11H2,1-2H3,(H2,19,20,21). The number of hydrogen-bond acceptors (Lipinski definition) is 6. The Balaban J connectivity index is 1.44. The molecule has 3 rings (SSSR count). The molecule has 26 heavy (non-hydrogen) atoms. The lowest BCUT2D eigenvalue weighted by atomic mass is 10.3. The Kier molecular flexibility index (Phi) is 7.25. The number of hydrogen-bond donors (Lipinski definition) is 2. The van der Waals surface area contributed by atoms with Crippen molar-refractivity contribution in [3.8, 4) is 0 Å². The monoisotopic (exact) mass is 392 g/mol. The van der Waals surface area contributed by atoms with E-state index in [9.17, 15) is 0 Å². The maximum absolute atomic E-state index is 4.77. The Labute approximate surface area is 163 Å². The van der Waals surface area contributed by atoms with Crippen LogP contribution in [0.15, 0.2) is 15.8 Å². The third kappa shape index (κ3) is 5.67. The average Bonchev–Trinajstić information content (AvgIpc) is 3.36. The van der Waals surface area contributed by atoms with E-state index < -0.39 is 0 Å². The largest absolute Gasteiger partial charge is 0.357 e. The van der Waals surface area contributed by atoms with Gasteiger partial charge in [0.1, 0.15) is 0 Å². The molecule has 2 aromatic rings. The van der Waals surface area contributed by atoms with Gasteiger partial charge in [0.2, 0.25) is 0 Å². The van der Waals surface area contributed by atoms with Crippen molar-refractivity contribution in [3.05, 3.63) is 27.2 Å². The van der Waals surface area contributed by atoms with Crippen LogP contribution < -0.4 is 15.5 Å². The molecular formula is C18H28N6S2. The molecule has 1 aliphatic rings. The quantitative estimate of drug-likeness (QED) is 0.534. The van der Waals surface area contributed by atoms with Crippen molar-refractivity contribution in [2.45, 2.75) is 39.5 Å². The smallest absolute Gasteiger partial charge is 0.191 e. The number of nitrogens with zero attached hydrogens (tertiary/aromatic N) is 4. The fourth-order valence-electron chi connectivity index (χ4n) is 2.92. The van der Waals surface area contributed by atoms with Crippen molar-refractivity contribution in [2.24, 2.45) is 4.99 Å². The molecule has 0 radical (unpaired) electrons. The number of nitrogens with one attached hydrogen (secondary N) is 2. The molecule has 0 amide bonds. The molecule has 0 unspecified atom stereocenters. The van der Waals surface area contributed by atoms with E-state index in [0.29, 0.717) is 0 Å². The lowest BCUT2D eigenvalue weighted by Gasteiger charge is -2.12. The maximum atomic E-state index is 4.77. The molecule has 0 atom stereocenters. The molecule has 142 valence electrons. The molecule has 1 saturated heterocycles. The summed E-state index contributed by atoms with van der Waals surface area (Å²) in [6.07, 6.45) is 4.38. The summed E-state index contributed by atoms with van der Waals surface area (Å²) in [6.45, 7) is 8.87. The molecule has 2 N–H and O–H groups in total. The molecule has 6 nitrogen and oxygen atoms in total. The molecule has 0 bridgehead atoms. The predicted octanol–water partition coefficient (Wildman–Crippen LogP) is 2.85. The zero-order chi connectivity index (χ0) is 18.2. The lowest BCUT2D eigenvalue weighted by Crippen LogP contribution is -2.38. The van der Waals surface area contributed by atoms with Crippen molar-refractivity contribution in [1.29, 1.82) is 0 Å². The van der Waals surface area contributed by atoms with Gasteiger partial charge in [-0.15, -0.1) is 22.7 Å². The highest BCUT2D eigenvalue weighted by Crippen LogP contribution is 2.24. The van der Waals surface area contributed by atoms with Gasteiger partial charge in [-0.05, 0) is 26.7 Å². The first-order valence-corrected chi connectivity index (χ1v) is 11.1. The molecule has 1 aliphatic heterocycles. The van der Waals surface area contributed by atoms with Gasteiger partial charge >= 0.3 is 0 Å². The van der Waals surface area contributed by atoms with E-state index in [4.69, 9.17) is 4.98 Å². The van der Waals surface area contributed by atoms with E-state index in [0.717, 1.165) is 67.9 Å². The Morgan fingerprint density at radius 1 is 1.12 bits per heavy atom. The first-order chi connectivity index (χ1) is 12.7. The van der Waals surface area contributed by atoms with Crippen molar-refractivity contribution in [3.63, 3.8) is 0 Å².